The van der Waals surface area contributed by atoms with Crippen molar-refractivity contribution in [2.75, 3.05) is 6.61 Å². The molecule has 100 valence electrons. The Kier molecular flexibility index (Phi) is 4.94. The van der Waals surface area contributed by atoms with Gasteiger partial charge in [0.25, 0.3) is 0 Å². The van der Waals surface area contributed by atoms with Gasteiger partial charge < -0.3 is 9.47 Å². The van der Waals surface area contributed by atoms with E-state index in [1.165, 1.54) is 0 Å². The number of ether oxygens (including phenoxy) is 2. The summed E-state index contributed by atoms with van der Waals surface area (Å²) in [6, 6.07) is 1.21. The zero-order chi connectivity index (χ0) is 13.7. The third kappa shape index (κ3) is 3.90. The minimum atomic E-state index is -3.28. The predicted molar refractivity (Wildman–Crippen MR) is 53.3 cm³/mol. The van der Waals surface area contributed by atoms with Gasteiger partial charge in [0.2, 0.25) is 0 Å². The smallest absolute Gasteiger partial charge is 0.387 e. The molecule has 0 aliphatic rings. The summed E-state index contributed by atoms with van der Waals surface area (Å²) in [7, 11) is 0. The van der Waals surface area contributed by atoms with Crippen molar-refractivity contribution in [1.82, 2.24) is 0 Å². The Bertz CT molecular complexity index is 435. The summed E-state index contributed by atoms with van der Waals surface area (Å²) in [5.41, 5.74) is -0.399. The Morgan fingerprint density at radius 2 is 2.00 bits per heavy atom. The molecule has 0 aliphatic heterocycles. The molecule has 18 heavy (non-hydrogen) atoms. The summed E-state index contributed by atoms with van der Waals surface area (Å²) >= 11 is 0. The number of halogens is 4. The lowest BCUT2D eigenvalue weighted by Crippen LogP contribution is -2.11. The van der Waals surface area contributed by atoms with Gasteiger partial charge in [-0.05, 0) is 13.0 Å². The van der Waals surface area contributed by atoms with Crippen molar-refractivity contribution >= 4 is 5.97 Å². The third-order valence-electron chi connectivity index (χ3n) is 1.94. The Balaban J connectivity index is 2.97. The zero-order valence-corrected chi connectivity index (χ0v) is 9.38. The molecule has 0 N–H and O–H groups in total. The van der Waals surface area contributed by atoms with E-state index in [9.17, 15) is 22.4 Å². The van der Waals surface area contributed by atoms with Gasteiger partial charge >= 0.3 is 12.6 Å². The minimum absolute atomic E-state index is 0.0795. The maximum atomic E-state index is 13.6. The number of alkyl halides is 2. The largest absolute Gasteiger partial charge is 0.466 e. The number of hydrogen-bond donors (Lipinski definition) is 0. The fourth-order valence-corrected chi connectivity index (χ4v) is 1.30. The second-order valence-electron chi connectivity index (χ2n) is 3.24. The van der Waals surface area contributed by atoms with Crippen LogP contribution in [0, 0.1) is 11.6 Å². The first kappa shape index (κ1) is 14.3. The van der Waals surface area contributed by atoms with E-state index in [4.69, 9.17) is 0 Å². The van der Waals surface area contributed by atoms with E-state index >= 15 is 0 Å². The van der Waals surface area contributed by atoms with E-state index in [-0.39, 0.29) is 6.61 Å². The summed E-state index contributed by atoms with van der Waals surface area (Å²) in [6.45, 7) is -1.65. The van der Waals surface area contributed by atoms with Crippen LogP contribution in [-0.4, -0.2) is 19.2 Å². The van der Waals surface area contributed by atoms with Crippen molar-refractivity contribution in [3.63, 3.8) is 0 Å². The van der Waals surface area contributed by atoms with E-state index in [1.807, 2.05) is 0 Å². The van der Waals surface area contributed by atoms with Gasteiger partial charge in [-0.2, -0.15) is 8.78 Å². The summed E-state index contributed by atoms with van der Waals surface area (Å²) < 4.78 is 58.9. The average Bonchev–Trinajstić information content (AvgIpc) is 2.24. The number of hydrogen-bond acceptors (Lipinski definition) is 3. The number of rotatable bonds is 5. The highest BCUT2D eigenvalue weighted by Gasteiger charge is 2.18. The summed E-state index contributed by atoms with van der Waals surface area (Å²) in [4.78, 5) is 11.1. The Morgan fingerprint density at radius 1 is 1.33 bits per heavy atom. The molecule has 1 rings (SSSR count). The maximum Gasteiger partial charge on any atom is 0.387 e. The van der Waals surface area contributed by atoms with Crippen LogP contribution in [0.2, 0.25) is 0 Å². The Labute approximate surface area is 100 Å². The van der Waals surface area contributed by atoms with Crippen molar-refractivity contribution in [3.8, 4) is 5.75 Å². The molecule has 0 saturated carbocycles. The van der Waals surface area contributed by atoms with Gasteiger partial charge in [0.15, 0.2) is 11.6 Å². The van der Waals surface area contributed by atoms with E-state index < -0.39 is 41.9 Å². The van der Waals surface area contributed by atoms with E-state index in [0.29, 0.717) is 6.07 Å². The highest BCUT2D eigenvalue weighted by molar-refractivity contribution is 5.72. The molecule has 3 nitrogen and oxygen atoms in total. The van der Waals surface area contributed by atoms with Crippen LogP contribution in [0.1, 0.15) is 12.5 Å². The zero-order valence-electron chi connectivity index (χ0n) is 9.38. The molecular formula is C11H10F4O3. The summed E-state index contributed by atoms with van der Waals surface area (Å²) in [5.74, 6) is -3.91. The van der Waals surface area contributed by atoms with Crippen LogP contribution in [-0.2, 0) is 16.0 Å². The molecule has 0 aliphatic carbocycles. The molecule has 0 fully saturated rings. The van der Waals surface area contributed by atoms with Gasteiger partial charge in [-0.25, -0.2) is 8.78 Å². The van der Waals surface area contributed by atoms with Crippen molar-refractivity contribution in [2.24, 2.45) is 0 Å². The van der Waals surface area contributed by atoms with Gasteiger partial charge in [0.1, 0.15) is 5.82 Å². The van der Waals surface area contributed by atoms with Crippen molar-refractivity contribution < 1.29 is 31.8 Å². The summed E-state index contributed by atoms with van der Waals surface area (Å²) in [6.07, 6.45) is -0.559. The lowest BCUT2D eigenvalue weighted by Gasteiger charge is -2.09. The number of carbonyl (C=O) groups is 1. The first-order chi connectivity index (χ1) is 8.43. The summed E-state index contributed by atoms with van der Waals surface area (Å²) in [5, 5.41) is 0. The first-order valence-electron chi connectivity index (χ1n) is 5.02. The van der Waals surface area contributed by atoms with Gasteiger partial charge in [0.05, 0.1) is 13.0 Å². The normalized spacial score (nSPS) is 10.6. The quantitative estimate of drug-likeness (QED) is 0.607. The van der Waals surface area contributed by atoms with Crippen LogP contribution >= 0.6 is 0 Å². The second-order valence-corrected chi connectivity index (χ2v) is 3.24. The molecule has 0 bridgehead atoms. The van der Waals surface area contributed by atoms with Crippen LogP contribution in [0.25, 0.3) is 0 Å². The topological polar surface area (TPSA) is 35.5 Å². The second kappa shape index (κ2) is 6.23. The van der Waals surface area contributed by atoms with E-state index in [1.54, 1.807) is 6.92 Å². The highest BCUT2D eigenvalue weighted by Crippen LogP contribution is 2.24. The fraction of sp³-hybridized carbons (Fsp3) is 0.364. The Hall–Kier alpha value is -1.79. The van der Waals surface area contributed by atoms with Gasteiger partial charge in [0, 0.05) is 11.6 Å². The maximum absolute atomic E-state index is 13.6. The molecule has 7 heteroatoms. The van der Waals surface area contributed by atoms with Crippen molar-refractivity contribution in [1.29, 1.82) is 0 Å². The molecule has 1 aromatic carbocycles. The van der Waals surface area contributed by atoms with Crippen LogP contribution in [0.15, 0.2) is 12.1 Å². The van der Waals surface area contributed by atoms with E-state index in [0.717, 1.165) is 6.07 Å². The number of carbonyl (C=O) groups excluding carboxylic acids is 1. The standard InChI is InChI=1S/C11H10F4O3/c1-2-17-9(16)4-6-3-7(12)5-8(10(6)13)18-11(14)15/h3,5,11H,2,4H2,1H3. The van der Waals surface area contributed by atoms with Gasteiger partial charge in [-0.1, -0.05) is 0 Å². The third-order valence-corrected chi connectivity index (χ3v) is 1.94. The molecule has 0 atom stereocenters. The van der Waals surface area contributed by atoms with Gasteiger partial charge in [-0.15, -0.1) is 0 Å². The highest BCUT2D eigenvalue weighted by atomic mass is 19.3. The molecule has 0 amide bonds. The lowest BCUT2D eigenvalue weighted by molar-refractivity contribution is -0.142. The molecule has 1 aromatic rings. The molecule has 0 aromatic heterocycles. The van der Waals surface area contributed by atoms with Crippen molar-refractivity contribution in [3.05, 3.63) is 29.3 Å². The van der Waals surface area contributed by atoms with E-state index in [2.05, 4.69) is 9.47 Å². The SMILES string of the molecule is CCOC(=O)Cc1cc(F)cc(OC(F)F)c1F. The number of benzene rings is 1. The van der Waals surface area contributed by atoms with Gasteiger partial charge in [-0.3, -0.25) is 4.79 Å². The molecule has 0 heterocycles. The van der Waals surface area contributed by atoms with Crippen LogP contribution in [0.3, 0.4) is 0 Å². The Morgan fingerprint density at radius 3 is 2.56 bits per heavy atom. The molecule has 0 radical (unpaired) electrons. The fourth-order valence-electron chi connectivity index (χ4n) is 1.30. The lowest BCUT2D eigenvalue weighted by atomic mass is 10.1. The van der Waals surface area contributed by atoms with Crippen molar-refractivity contribution in [2.45, 2.75) is 20.0 Å². The van der Waals surface area contributed by atoms with Crippen LogP contribution in [0.4, 0.5) is 17.6 Å². The average molecular weight is 266 g/mol. The monoisotopic (exact) mass is 266 g/mol. The number of esters is 1. The molecule has 0 spiro atoms. The molecular weight excluding hydrogens is 256 g/mol. The first-order valence-corrected chi connectivity index (χ1v) is 5.02. The molecule has 0 unspecified atom stereocenters. The van der Waals surface area contributed by atoms with Crippen LogP contribution in [0.5, 0.6) is 5.75 Å². The molecule has 0 saturated heterocycles. The minimum Gasteiger partial charge on any atom is -0.466 e. The van der Waals surface area contributed by atoms with Crippen LogP contribution < -0.4 is 4.74 Å². The predicted octanol–water partition coefficient (Wildman–Crippen LogP) is 2.67.